The molecule has 1 rings (SSSR count). The first-order valence-electron chi connectivity index (χ1n) is 7.09. The molecular weight excluding hydrogens is 244 g/mol. The molecule has 5 nitrogen and oxygen atoms in total. The molecule has 0 bridgehead atoms. The van der Waals surface area contributed by atoms with Gasteiger partial charge < -0.3 is 15.7 Å². The molecule has 2 unspecified atom stereocenters. The molecule has 0 radical (unpaired) electrons. The van der Waals surface area contributed by atoms with E-state index in [1.54, 1.807) is 0 Å². The molecule has 0 aromatic rings. The van der Waals surface area contributed by atoms with Crippen molar-refractivity contribution in [3.8, 4) is 0 Å². The summed E-state index contributed by atoms with van der Waals surface area (Å²) in [5.74, 6) is -0.179. The van der Waals surface area contributed by atoms with Gasteiger partial charge in [-0.1, -0.05) is 20.8 Å². The van der Waals surface area contributed by atoms with Crippen molar-refractivity contribution in [1.29, 1.82) is 0 Å². The van der Waals surface area contributed by atoms with E-state index in [9.17, 15) is 9.59 Å². The highest BCUT2D eigenvalue weighted by Gasteiger charge is 2.43. The summed E-state index contributed by atoms with van der Waals surface area (Å²) in [6.07, 6.45) is 1.64. The Hall–Kier alpha value is -1.10. The zero-order valence-electron chi connectivity index (χ0n) is 12.2. The molecule has 0 saturated carbocycles. The number of hydrogen-bond donors (Lipinski definition) is 3. The molecule has 0 aliphatic carbocycles. The van der Waals surface area contributed by atoms with Crippen LogP contribution < -0.4 is 10.6 Å². The number of rotatable bonds is 7. The van der Waals surface area contributed by atoms with Crippen molar-refractivity contribution in [2.45, 2.75) is 40.0 Å². The highest BCUT2D eigenvalue weighted by Crippen LogP contribution is 2.34. The van der Waals surface area contributed by atoms with Crippen LogP contribution in [0.4, 0.5) is 0 Å². The van der Waals surface area contributed by atoms with Crippen molar-refractivity contribution >= 4 is 11.9 Å². The molecule has 2 atom stereocenters. The van der Waals surface area contributed by atoms with E-state index in [0.717, 1.165) is 19.5 Å². The van der Waals surface area contributed by atoms with Crippen molar-refractivity contribution in [1.82, 2.24) is 10.6 Å². The number of carbonyl (C=O) groups is 2. The Morgan fingerprint density at radius 2 is 2.05 bits per heavy atom. The van der Waals surface area contributed by atoms with Gasteiger partial charge in [-0.15, -0.1) is 0 Å². The van der Waals surface area contributed by atoms with Gasteiger partial charge in [0.1, 0.15) is 0 Å². The van der Waals surface area contributed by atoms with Gasteiger partial charge in [-0.05, 0) is 31.2 Å². The predicted octanol–water partition coefficient (Wildman–Crippen LogP) is 1.24. The molecule has 0 aromatic carbocycles. The van der Waals surface area contributed by atoms with E-state index in [-0.39, 0.29) is 23.7 Å². The second-order valence-corrected chi connectivity index (χ2v) is 5.99. The summed E-state index contributed by atoms with van der Waals surface area (Å²) in [6, 6.07) is 0. The van der Waals surface area contributed by atoms with Gasteiger partial charge in [0.15, 0.2) is 0 Å². The van der Waals surface area contributed by atoms with Crippen LogP contribution in [0, 0.1) is 17.3 Å². The Labute approximate surface area is 115 Å². The summed E-state index contributed by atoms with van der Waals surface area (Å²) >= 11 is 0. The highest BCUT2D eigenvalue weighted by molar-refractivity contribution is 5.83. The second-order valence-electron chi connectivity index (χ2n) is 5.99. The maximum absolute atomic E-state index is 12.4. The normalized spacial score (nSPS) is 24.4. The van der Waals surface area contributed by atoms with Crippen molar-refractivity contribution in [2.75, 3.05) is 19.6 Å². The second kappa shape index (κ2) is 6.89. The summed E-state index contributed by atoms with van der Waals surface area (Å²) in [5.41, 5.74) is -0.299. The molecule has 5 heteroatoms. The fraction of sp³-hybridized carbons (Fsp3) is 0.857. The molecular formula is C14H26N2O3. The van der Waals surface area contributed by atoms with Gasteiger partial charge in [0.05, 0.1) is 5.41 Å². The third-order valence-corrected chi connectivity index (χ3v) is 4.21. The maximum atomic E-state index is 12.4. The molecule has 1 heterocycles. The summed E-state index contributed by atoms with van der Waals surface area (Å²) in [7, 11) is 0. The van der Waals surface area contributed by atoms with Crippen LogP contribution in [-0.2, 0) is 9.59 Å². The summed E-state index contributed by atoms with van der Waals surface area (Å²) in [6.45, 7) is 8.32. The minimum atomic E-state index is -0.781. The molecule has 1 aliphatic rings. The average molecular weight is 270 g/mol. The van der Waals surface area contributed by atoms with Crippen molar-refractivity contribution < 1.29 is 14.7 Å². The zero-order chi connectivity index (χ0) is 14.5. The Morgan fingerprint density at radius 1 is 1.37 bits per heavy atom. The molecule has 19 heavy (non-hydrogen) atoms. The van der Waals surface area contributed by atoms with Gasteiger partial charge in [-0.2, -0.15) is 0 Å². The largest absolute Gasteiger partial charge is 0.481 e. The standard InChI is InChI=1S/C14H26N2O3/c1-10(2)14(6-7-15-9-14)13(19)16-8-11(3)4-5-12(17)18/h10-11,15H,4-9H2,1-3H3,(H,16,19)(H,17,18). The van der Waals surface area contributed by atoms with Crippen molar-refractivity contribution in [2.24, 2.45) is 17.3 Å². The lowest BCUT2D eigenvalue weighted by Gasteiger charge is -2.31. The third-order valence-electron chi connectivity index (χ3n) is 4.21. The van der Waals surface area contributed by atoms with Crippen LogP contribution in [0.2, 0.25) is 0 Å². The van der Waals surface area contributed by atoms with Crippen LogP contribution in [0.5, 0.6) is 0 Å². The van der Waals surface area contributed by atoms with Crippen LogP contribution >= 0.6 is 0 Å². The maximum Gasteiger partial charge on any atom is 0.303 e. The molecule has 1 amide bonds. The Morgan fingerprint density at radius 3 is 2.53 bits per heavy atom. The molecule has 1 saturated heterocycles. The first kappa shape index (κ1) is 16.0. The Bertz CT molecular complexity index is 323. The van der Waals surface area contributed by atoms with E-state index in [1.165, 1.54) is 0 Å². The van der Waals surface area contributed by atoms with E-state index in [1.807, 2.05) is 6.92 Å². The van der Waals surface area contributed by atoms with Crippen LogP contribution in [0.15, 0.2) is 0 Å². The van der Waals surface area contributed by atoms with Crippen LogP contribution in [0.1, 0.15) is 40.0 Å². The molecule has 110 valence electrons. The SMILES string of the molecule is CC(CCC(=O)O)CNC(=O)C1(C(C)C)CCNC1. The molecule has 1 aliphatic heterocycles. The van der Waals surface area contributed by atoms with Gasteiger partial charge >= 0.3 is 5.97 Å². The number of carbonyl (C=O) groups excluding carboxylic acids is 1. The third kappa shape index (κ3) is 4.20. The van der Waals surface area contributed by atoms with Crippen molar-refractivity contribution in [3.63, 3.8) is 0 Å². The number of aliphatic carboxylic acids is 1. The fourth-order valence-corrected chi connectivity index (χ4v) is 2.57. The Kier molecular flexibility index (Phi) is 5.79. The van der Waals surface area contributed by atoms with E-state index >= 15 is 0 Å². The van der Waals surface area contributed by atoms with Gasteiger partial charge in [0.2, 0.25) is 5.91 Å². The average Bonchev–Trinajstić information content (AvgIpc) is 2.83. The summed E-state index contributed by atoms with van der Waals surface area (Å²) in [5, 5.41) is 14.9. The van der Waals surface area contributed by atoms with E-state index < -0.39 is 5.97 Å². The molecule has 0 spiro atoms. The first-order chi connectivity index (χ1) is 8.88. The number of hydrogen-bond acceptors (Lipinski definition) is 3. The zero-order valence-corrected chi connectivity index (χ0v) is 12.2. The minimum Gasteiger partial charge on any atom is -0.481 e. The lowest BCUT2D eigenvalue weighted by Crippen LogP contribution is -2.47. The van der Waals surface area contributed by atoms with E-state index in [2.05, 4.69) is 24.5 Å². The van der Waals surface area contributed by atoms with E-state index in [4.69, 9.17) is 5.11 Å². The van der Waals surface area contributed by atoms with Crippen LogP contribution in [0.25, 0.3) is 0 Å². The topological polar surface area (TPSA) is 78.4 Å². The Balaban J connectivity index is 2.43. The summed E-state index contributed by atoms with van der Waals surface area (Å²) < 4.78 is 0. The predicted molar refractivity (Wildman–Crippen MR) is 73.8 cm³/mol. The number of nitrogens with one attached hydrogen (secondary N) is 2. The van der Waals surface area contributed by atoms with Crippen LogP contribution in [0.3, 0.4) is 0 Å². The fourth-order valence-electron chi connectivity index (χ4n) is 2.57. The van der Waals surface area contributed by atoms with Crippen molar-refractivity contribution in [3.05, 3.63) is 0 Å². The lowest BCUT2D eigenvalue weighted by atomic mass is 9.75. The summed E-state index contributed by atoms with van der Waals surface area (Å²) in [4.78, 5) is 22.9. The minimum absolute atomic E-state index is 0.106. The van der Waals surface area contributed by atoms with Gasteiger partial charge in [0.25, 0.3) is 0 Å². The first-order valence-corrected chi connectivity index (χ1v) is 7.09. The molecule has 3 N–H and O–H groups in total. The number of carboxylic acids is 1. The van der Waals surface area contributed by atoms with Gasteiger partial charge in [-0.3, -0.25) is 9.59 Å². The number of carboxylic acid groups (broad SMARTS) is 1. The van der Waals surface area contributed by atoms with Gasteiger partial charge in [0, 0.05) is 19.5 Å². The smallest absolute Gasteiger partial charge is 0.303 e. The van der Waals surface area contributed by atoms with E-state index in [0.29, 0.717) is 18.9 Å². The monoisotopic (exact) mass is 270 g/mol. The van der Waals surface area contributed by atoms with Gasteiger partial charge in [-0.25, -0.2) is 0 Å². The number of amides is 1. The quantitative estimate of drug-likeness (QED) is 0.650. The molecule has 1 fully saturated rings. The highest BCUT2D eigenvalue weighted by atomic mass is 16.4. The van der Waals surface area contributed by atoms with Crippen LogP contribution in [-0.4, -0.2) is 36.6 Å². The lowest BCUT2D eigenvalue weighted by molar-refractivity contribution is -0.137. The molecule has 0 aromatic heterocycles.